The first kappa shape index (κ1) is 38.5. The Balaban J connectivity index is 1.71. The fourth-order valence-electron chi connectivity index (χ4n) is 7.07. The standard InChI is InChI=1S/C43H53BN4O4/c1-11-30-25(3)34-21-35-27(5)32(17-16-29(49)15-13-14-20-44(10)51)40(47-35)24-41-33(18-19-42(50)52-43(7,8)9)28(6)37(48-41)23-39-31(12-2)26(4)36(46-39)22-38(30)45-34/h11-12,21-24,45-46,51H,1-2,13-20H2,3-10H3. The van der Waals surface area contributed by atoms with Crippen LogP contribution in [0.4, 0.5) is 0 Å². The SMILES string of the molecule is C=Cc1c(C)c2cc3[nH]c(cc4nc(cc5nc(cc1[nH]2)C(C)=C5CCC(=O)OC(C)(C)C)C(CCC(=O)CCCCB(C)O)=C4C)c(C)c3C=C. The van der Waals surface area contributed by atoms with E-state index in [0.29, 0.717) is 32.0 Å². The van der Waals surface area contributed by atoms with E-state index in [1.807, 2.05) is 45.9 Å². The van der Waals surface area contributed by atoms with Crippen LogP contribution in [0.15, 0.2) is 37.4 Å². The van der Waals surface area contributed by atoms with E-state index >= 15 is 0 Å². The number of allylic oxidation sites excluding steroid dienone is 4. The molecule has 0 spiro atoms. The largest absolute Gasteiger partial charge is 0.460 e. The lowest BCUT2D eigenvalue weighted by Crippen LogP contribution is -2.23. The molecule has 0 unspecified atom stereocenters. The molecule has 9 heteroatoms. The first-order valence-corrected chi connectivity index (χ1v) is 18.4. The van der Waals surface area contributed by atoms with Crippen molar-refractivity contribution in [1.29, 1.82) is 0 Å². The fraction of sp³-hybridized carbons (Fsp3) is 0.395. The summed E-state index contributed by atoms with van der Waals surface area (Å²) in [6.07, 6.45) is 8.15. The predicted molar refractivity (Wildman–Crippen MR) is 217 cm³/mol. The number of nitrogens with zero attached hydrogens (tertiary/aromatic N) is 2. The van der Waals surface area contributed by atoms with Gasteiger partial charge < -0.3 is 19.7 Å². The fourth-order valence-corrected chi connectivity index (χ4v) is 7.07. The van der Waals surface area contributed by atoms with Crippen LogP contribution in [0.3, 0.4) is 0 Å². The molecule has 8 bridgehead atoms. The maximum atomic E-state index is 13.1. The molecule has 5 heterocycles. The number of aromatic amines is 2. The highest BCUT2D eigenvalue weighted by molar-refractivity contribution is 6.48. The minimum absolute atomic E-state index is 0.202. The Morgan fingerprint density at radius 3 is 1.77 bits per heavy atom. The number of aromatic nitrogens is 4. The maximum Gasteiger partial charge on any atom is 0.306 e. The molecular weight excluding hydrogens is 647 g/mol. The van der Waals surface area contributed by atoms with Crippen molar-refractivity contribution in [3.63, 3.8) is 0 Å². The number of aryl methyl sites for hydroxylation is 2. The lowest BCUT2D eigenvalue weighted by atomic mass is 9.67. The first-order valence-electron chi connectivity index (χ1n) is 18.4. The number of carbonyl (C=O) groups is 2. The minimum Gasteiger partial charge on any atom is -0.460 e. The summed E-state index contributed by atoms with van der Waals surface area (Å²) >= 11 is 0. The lowest BCUT2D eigenvalue weighted by molar-refractivity contribution is -0.154. The van der Waals surface area contributed by atoms with Crippen molar-refractivity contribution in [2.24, 2.45) is 0 Å². The smallest absolute Gasteiger partial charge is 0.306 e. The van der Waals surface area contributed by atoms with Gasteiger partial charge in [-0.25, -0.2) is 9.97 Å². The van der Waals surface area contributed by atoms with Crippen LogP contribution in [0.1, 0.15) is 125 Å². The highest BCUT2D eigenvalue weighted by Crippen LogP contribution is 2.38. The molecule has 0 aromatic carbocycles. The topological polar surface area (TPSA) is 121 Å². The summed E-state index contributed by atoms with van der Waals surface area (Å²) in [6, 6.07) is 8.26. The summed E-state index contributed by atoms with van der Waals surface area (Å²) < 4.78 is 5.66. The molecule has 3 N–H and O–H groups in total. The van der Waals surface area contributed by atoms with Crippen LogP contribution in [0, 0.1) is 13.8 Å². The number of carbonyl (C=O) groups excluding carboxylic acids is 2. The number of unbranched alkanes of at least 4 members (excludes halogenated alkanes) is 1. The zero-order valence-corrected chi connectivity index (χ0v) is 32.2. The Hall–Kier alpha value is -4.76. The highest BCUT2D eigenvalue weighted by atomic mass is 16.6. The molecule has 0 saturated carbocycles. The van der Waals surface area contributed by atoms with Crippen molar-refractivity contribution in [3.05, 3.63) is 82.5 Å². The summed E-state index contributed by atoms with van der Waals surface area (Å²) in [5.41, 5.74) is 14.4. The number of ketones is 1. The molecule has 0 fully saturated rings. The molecule has 0 saturated heterocycles. The van der Waals surface area contributed by atoms with Crippen LogP contribution in [0.25, 0.3) is 56.5 Å². The minimum atomic E-state index is -0.576. The van der Waals surface area contributed by atoms with Gasteiger partial charge in [0.2, 0.25) is 0 Å². The molecule has 272 valence electrons. The van der Waals surface area contributed by atoms with Crippen LogP contribution >= 0.6 is 0 Å². The van der Waals surface area contributed by atoms with Crippen molar-refractivity contribution < 1.29 is 19.3 Å². The quantitative estimate of drug-likeness (QED) is 0.0927. The third-order valence-corrected chi connectivity index (χ3v) is 10.0. The van der Waals surface area contributed by atoms with E-state index in [-0.39, 0.29) is 25.1 Å². The zero-order chi connectivity index (χ0) is 37.9. The van der Waals surface area contributed by atoms with Crippen molar-refractivity contribution in [2.75, 3.05) is 0 Å². The van der Waals surface area contributed by atoms with Crippen LogP contribution in [-0.4, -0.2) is 49.2 Å². The molecule has 2 aliphatic rings. The van der Waals surface area contributed by atoms with Gasteiger partial charge >= 0.3 is 5.97 Å². The third kappa shape index (κ3) is 8.64. The van der Waals surface area contributed by atoms with Gasteiger partial charge in [0.1, 0.15) is 11.4 Å². The predicted octanol–water partition coefficient (Wildman–Crippen LogP) is 10.3. The molecule has 5 rings (SSSR count). The van der Waals surface area contributed by atoms with Gasteiger partial charge in [-0.2, -0.15) is 0 Å². The molecule has 0 amide bonds. The lowest BCUT2D eigenvalue weighted by Gasteiger charge is -2.19. The molecule has 52 heavy (non-hydrogen) atoms. The van der Waals surface area contributed by atoms with Gasteiger partial charge in [-0.05, 0) is 132 Å². The number of hydrogen-bond donors (Lipinski definition) is 3. The van der Waals surface area contributed by atoms with E-state index in [1.165, 1.54) is 0 Å². The van der Waals surface area contributed by atoms with Crippen LogP contribution in [0.5, 0.6) is 0 Å². The molecule has 0 aliphatic carbocycles. The van der Waals surface area contributed by atoms with Crippen molar-refractivity contribution in [3.8, 4) is 0 Å². The second-order valence-electron chi connectivity index (χ2n) is 15.2. The maximum absolute atomic E-state index is 13.1. The molecule has 3 aromatic rings. The monoisotopic (exact) mass is 700 g/mol. The van der Waals surface area contributed by atoms with Gasteiger partial charge in [-0.15, -0.1) is 0 Å². The number of rotatable bonds is 13. The van der Waals surface area contributed by atoms with Gasteiger partial charge in [0, 0.05) is 52.5 Å². The summed E-state index contributed by atoms with van der Waals surface area (Å²) in [5, 5.41) is 9.61. The molecule has 0 atom stereocenters. The third-order valence-electron chi connectivity index (χ3n) is 10.0. The average molecular weight is 701 g/mol. The Bertz CT molecular complexity index is 2160. The van der Waals surface area contributed by atoms with Gasteiger partial charge in [-0.1, -0.05) is 38.6 Å². The number of hydrogen-bond acceptors (Lipinski definition) is 6. The number of fused-ring (bicyclic) bond motifs is 8. The Labute approximate surface area is 308 Å². The van der Waals surface area contributed by atoms with E-state index < -0.39 is 5.60 Å². The Morgan fingerprint density at radius 2 is 1.25 bits per heavy atom. The van der Waals surface area contributed by atoms with Crippen molar-refractivity contribution >= 4 is 75.2 Å². The summed E-state index contributed by atoms with van der Waals surface area (Å²) in [5.74, 6) is -0.0592. The summed E-state index contributed by atoms with van der Waals surface area (Å²) in [4.78, 5) is 43.5. The van der Waals surface area contributed by atoms with Crippen LogP contribution < -0.4 is 0 Å². The number of Topliss-reactive ketones (excluding diaryl/α,β-unsaturated/α-hetero) is 1. The molecule has 0 radical (unpaired) electrons. The number of ether oxygens (including phenoxy) is 1. The van der Waals surface area contributed by atoms with Crippen molar-refractivity contribution in [1.82, 2.24) is 19.9 Å². The highest BCUT2D eigenvalue weighted by Gasteiger charge is 2.24. The van der Waals surface area contributed by atoms with Gasteiger partial charge in [-0.3, -0.25) is 9.59 Å². The number of H-pyrrole nitrogens is 2. The van der Waals surface area contributed by atoms with E-state index in [2.05, 4.69) is 62.1 Å². The number of esters is 1. The van der Waals surface area contributed by atoms with E-state index in [4.69, 9.17) is 14.7 Å². The average Bonchev–Trinajstić information content (AvgIpc) is 3.73. The Morgan fingerprint density at radius 1 is 0.750 bits per heavy atom. The van der Waals surface area contributed by atoms with E-state index in [1.54, 1.807) is 6.82 Å². The molecule has 3 aromatic heterocycles. The second kappa shape index (κ2) is 15.9. The van der Waals surface area contributed by atoms with Crippen LogP contribution in [0.2, 0.25) is 13.1 Å². The van der Waals surface area contributed by atoms with Gasteiger partial charge in [0.05, 0.1) is 22.8 Å². The van der Waals surface area contributed by atoms with Crippen LogP contribution in [-0.2, 0) is 14.3 Å². The second-order valence-corrected chi connectivity index (χ2v) is 15.2. The first-order chi connectivity index (χ1) is 24.6. The molecule has 8 nitrogen and oxygen atoms in total. The summed E-state index contributed by atoms with van der Waals surface area (Å²) in [7, 11) is 0. The molecular formula is C43H53BN4O4. The van der Waals surface area contributed by atoms with Gasteiger partial charge in [0.15, 0.2) is 0 Å². The number of nitrogens with one attached hydrogen (secondary N) is 2. The van der Waals surface area contributed by atoms with E-state index in [9.17, 15) is 14.6 Å². The van der Waals surface area contributed by atoms with E-state index in [0.717, 1.165) is 102 Å². The zero-order valence-electron chi connectivity index (χ0n) is 32.2. The summed E-state index contributed by atoms with van der Waals surface area (Å²) in [6.45, 7) is 23.6. The van der Waals surface area contributed by atoms with Crippen molar-refractivity contribution in [2.45, 2.75) is 112 Å². The molecule has 2 aliphatic heterocycles. The van der Waals surface area contributed by atoms with Gasteiger partial charge in [0.25, 0.3) is 6.92 Å². The Kier molecular flexibility index (Phi) is 11.7. The normalized spacial score (nSPS) is 13.1.